The molecule has 1 fully saturated rings. The number of aliphatic hydroxyl groups excluding tert-OH is 3. The van der Waals surface area contributed by atoms with Crippen molar-refractivity contribution in [3.63, 3.8) is 0 Å². The minimum atomic E-state index is -5.47. The summed E-state index contributed by atoms with van der Waals surface area (Å²) in [6, 6.07) is 1.23. The highest BCUT2D eigenvalue weighted by molar-refractivity contribution is 7.61. The number of nitrogens with two attached hydrogens (primary N) is 1. The third-order valence-electron chi connectivity index (χ3n) is 10.5. The number of esters is 2. The molecule has 73 heavy (non-hydrogen) atoms. The minimum absolute atomic E-state index is 0.0345. The lowest BCUT2D eigenvalue weighted by molar-refractivity contribution is -0.161. The Bertz CT molecular complexity index is 2170. The van der Waals surface area contributed by atoms with Gasteiger partial charge < -0.3 is 45.1 Å². The quantitative estimate of drug-likeness (QED) is 0.0118. The molecule has 0 aliphatic carbocycles. The first-order chi connectivity index (χ1) is 35.1. The van der Waals surface area contributed by atoms with Gasteiger partial charge in [-0.15, -0.1) is 0 Å². The van der Waals surface area contributed by atoms with Crippen molar-refractivity contribution in [2.45, 2.75) is 160 Å². The Morgan fingerprint density at radius 2 is 1.27 bits per heavy atom. The zero-order valence-electron chi connectivity index (χ0n) is 42.2. The van der Waals surface area contributed by atoms with Crippen molar-refractivity contribution in [3.05, 3.63) is 132 Å². The van der Waals surface area contributed by atoms with Crippen LogP contribution in [0.25, 0.3) is 0 Å². The van der Waals surface area contributed by atoms with Crippen molar-refractivity contribution in [3.8, 4) is 0 Å². The van der Waals surface area contributed by atoms with Crippen LogP contribution in [0.5, 0.6) is 0 Å². The minimum Gasteiger partial charge on any atom is -0.462 e. The molecule has 408 valence electrons. The fraction of sp³-hybridized carbons (Fsp3) is 0.538. The van der Waals surface area contributed by atoms with Crippen molar-refractivity contribution in [1.82, 2.24) is 9.55 Å². The molecule has 0 spiro atoms. The van der Waals surface area contributed by atoms with E-state index in [0.717, 1.165) is 75.0 Å². The Labute approximate surface area is 430 Å². The average molecular weight is 1060 g/mol. The lowest BCUT2D eigenvalue weighted by Gasteiger charge is -2.21. The number of nitrogen functional groups attached to an aromatic ring is 1. The molecule has 0 bridgehead atoms. The maximum Gasteiger partial charge on any atom is 0.481 e. The summed E-state index contributed by atoms with van der Waals surface area (Å²) in [5.41, 5.74) is 4.57. The summed E-state index contributed by atoms with van der Waals surface area (Å²) in [4.78, 5) is 61.9. The number of unbranched alkanes of at least 4 members (excludes halogenated alkanes) is 4. The van der Waals surface area contributed by atoms with E-state index in [2.05, 4.69) is 83.9 Å². The van der Waals surface area contributed by atoms with Crippen molar-refractivity contribution < 1.29 is 71.4 Å². The van der Waals surface area contributed by atoms with E-state index in [1.54, 1.807) is 12.2 Å². The number of aromatic nitrogens is 2. The molecular formula is C52H79N3O16P2. The summed E-state index contributed by atoms with van der Waals surface area (Å²) >= 11 is 0. The van der Waals surface area contributed by atoms with E-state index in [-0.39, 0.29) is 18.7 Å². The van der Waals surface area contributed by atoms with Crippen LogP contribution < -0.4 is 11.4 Å². The van der Waals surface area contributed by atoms with Gasteiger partial charge in [-0.1, -0.05) is 149 Å². The Balaban J connectivity index is 1.87. The molecule has 21 heteroatoms. The van der Waals surface area contributed by atoms with Crippen molar-refractivity contribution >= 4 is 33.4 Å². The summed E-state index contributed by atoms with van der Waals surface area (Å²) in [5.74, 6) is -1.49. The lowest BCUT2D eigenvalue weighted by atomic mass is 10.1. The highest BCUT2D eigenvalue weighted by atomic mass is 31.3. The number of rotatable bonds is 39. The van der Waals surface area contributed by atoms with Crippen LogP contribution >= 0.6 is 15.6 Å². The fourth-order valence-electron chi connectivity index (χ4n) is 6.64. The Kier molecular flexibility index (Phi) is 34.4. The smallest absolute Gasteiger partial charge is 0.462 e. The van der Waals surface area contributed by atoms with Gasteiger partial charge in [0.15, 0.2) is 12.3 Å². The highest BCUT2D eigenvalue weighted by Crippen LogP contribution is 2.60. The van der Waals surface area contributed by atoms with Crippen LogP contribution in [0.3, 0.4) is 0 Å². The SMILES string of the molecule is CC/C=C\C/C=C\C/C=C\C/C=C\C/C=C\C/C=C\CCC(=O)O[C@H](COC(=O)CCCCCCCC(O)/C=C/C=C/C/C=C/CC)COP(=O)(O)OP(=O)(O)OC[C@H]1O[C@@H](n2ccc(N)nc2=O)[C@H](O)[C@@H]1O. The van der Waals surface area contributed by atoms with E-state index in [4.69, 9.17) is 29.0 Å². The second-order valence-electron chi connectivity index (χ2n) is 16.7. The molecule has 1 saturated heterocycles. The van der Waals surface area contributed by atoms with E-state index < -0.39 is 89.8 Å². The molecule has 1 aromatic heterocycles. The number of aliphatic hydroxyl groups is 3. The number of allylic oxidation sites excluding steroid dienone is 17. The Morgan fingerprint density at radius 3 is 1.88 bits per heavy atom. The van der Waals surface area contributed by atoms with E-state index in [0.29, 0.717) is 32.1 Å². The van der Waals surface area contributed by atoms with Gasteiger partial charge in [0.1, 0.15) is 30.7 Å². The lowest BCUT2D eigenvalue weighted by Crippen LogP contribution is -2.36. The molecule has 1 aliphatic rings. The van der Waals surface area contributed by atoms with Gasteiger partial charge in [0.25, 0.3) is 0 Å². The number of nitrogens with zero attached hydrogens (tertiary/aromatic N) is 2. The maximum atomic E-state index is 12.8. The third kappa shape index (κ3) is 31.7. The van der Waals surface area contributed by atoms with E-state index in [1.165, 1.54) is 6.07 Å². The molecule has 8 atom stereocenters. The van der Waals surface area contributed by atoms with Crippen LogP contribution in [0.4, 0.5) is 5.82 Å². The van der Waals surface area contributed by atoms with Crippen LogP contribution in [-0.4, -0.2) is 96.9 Å². The van der Waals surface area contributed by atoms with Crippen LogP contribution in [0, 0.1) is 0 Å². The van der Waals surface area contributed by atoms with Gasteiger partial charge in [0.05, 0.1) is 19.3 Å². The average Bonchev–Trinajstić information content (AvgIpc) is 3.62. The zero-order valence-corrected chi connectivity index (χ0v) is 44.0. The summed E-state index contributed by atoms with van der Waals surface area (Å²) in [5, 5.41) is 31.1. The first-order valence-electron chi connectivity index (χ1n) is 25.0. The summed E-state index contributed by atoms with van der Waals surface area (Å²) < 4.78 is 56.6. The summed E-state index contributed by atoms with van der Waals surface area (Å²) in [6.07, 6.45) is 40.6. The second kappa shape index (κ2) is 38.9. The zero-order chi connectivity index (χ0) is 53.6. The molecule has 19 nitrogen and oxygen atoms in total. The van der Waals surface area contributed by atoms with Gasteiger partial charge in [0, 0.05) is 19.0 Å². The van der Waals surface area contributed by atoms with E-state index in [1.807, 2.05) is 36.5 Å². The van der Waals surface area contributed by atoms with Crippen LogP contribution in [-0.2, 0) is 46.3 Å². The molecule has 0 amide bonds. The molecule has 1 aliphatic heterocycles. The summed E-state index contributed by atoms with van der Waals surface area (Å²) in [7, 11) is -10.9. The molecule has 0 radical (unpaired) electrons. The number of hydrogen-bond acceptors (Lipinski definition) is 16. The molecule has 1 aromatic rings. The molecule has 7 N–H and O–H groups in total. The molecule has 3 unspecified atom stereocenters. The standard InChI is InChI=1S/C52H79N3O16P2/c1-3-5-7-9-11-12-13-14-15-16-17-18-19-20-21-22-24-28-33-37-48(58)69-44(40-66-47(57)36-32-29-25-27-31-35-43(56)34-30-26-23-10-8-6-4-2)41-67-72(62,63)71-73(64,65)68-42-45-49(59)50(60)51(70-45)55-39-38-46(53)54-52(55)61/h5-8,11-12,14-15,17-18,20-21,23-24,26,28,30,34,38-39,43-45,49-51,56,59-60H,3-4,9-10,13,16,19,22,25,27,29,31-33,35-37,40-42H2,1-2H3,(H,62,63)(H,64,65)(H2,53,54,61)/b7-5-,8-6+,12-11-,15-14-,18-17-,21-20-,26-23+,28-24-,34-30+/t43?,44-,45-,49-,50-,51-/m1/s1. The number of phosphoric ester groups is 2. The Morgan fingerprint density at radius 1 is 0.726 bits per heavy atom. The monoisotopic (exact) mass is 1060 g/mol. The highest BCUT2D eigenvalue weighted by Gasteiger charge is 2.46. The number of phosphoric acid groups is 2. The number of carbonyl (C=O) groups is 2. The van der Waals surface area contributed by atoms with Crippen LogP contribution in [0.1, 0.15) is 129 Å². The molecule has 2 heterocycles. The number of anilines is 1. The second-order valence-corrected chi connectivity index (χ2v) is 19.8. The largest absolute Gasteiger partial charge is 0.481 e. The Hall–Kier alpha value is -4.62. The number of carbonyl (C=O) groups excluding carboxylic acids is 2. The third-order valence-corrected chi connectivity index (χ3v) is 13.1. The molecule has 2 rings (SSSR count). The fourth-order valence-corrected chi connectivity index (χ4v) is 8.75. The summed E-state index contributed by atoms with van der Waals surface area (Å²) in [6.45, 7) is 1.72. The van der Waals surface area contributed by atoms with Crippen molar-refractivity contribution in [1.29, 1.82) is 0 Å². The normalized spacial score (nSPS) is 20.3. The molecule has 0 aromatic carbocycles. The first-order valence-corrected chi connectivity index (χ1v) is 28.0. The molecular weight excluding hydrogens is 985 g/mol. The van der Waals surface area contributed by atoms with Crippen molar-refractivity contribution in [2.75, 3.05) is 25.6 Å². The predicted octanol–water partition coefficient (Wildman–Crippen LogP) is 9.19. The number of hydrogen-bond donors (Lipinski definition) is 6. The topological polar surface area (TPSA) is 286 Å². The van der Waals surface area contributed by atoms with E-state index >= 15 is 0 Å². The predicted molar refractivity (Wildman–Crippen MR) is 280 cm³/mol. The molecule has 0 saturated carbocycles. The van der Waals surface area contributed by atoms with Crippen molar-refractivity contribution in [2.24, 2.45) is 0 Å². The van der Waals surface area contributed by atoms with Gasteiger partial charge in [-0.05, 0) is 76.7 Å². The van der Waals surface area contributed by atoms with Gasteiger partial charge in [-0.25, -0.2) is 13.9 Å². The van der Waals surface area contributed by atoms with Crippen LogP contribution in [0.2, 0.25) is 0 Å². The van der Waals surface area contributed by atoms with Gasteiger partial charge in [-0.2, -0.15) is 9.29 Å². The maximum absolute atomic E-state index is 12.8. The van der Waals surface area contributed by atoms with Gasteiger partial charge in [0.2, 0.25) is 0 Å². The van der Waals surface area contributed by atoms with Crippen LogP contribution in [0.15, 0.2) is 126 Å². The number of ether oxygens (including phenoxy) is 3. The van der Waals surface area contributed by atoms with E-state index in [9.17, 15) is 48.6 Å². The van der Waals surface area contributed by atoms with Gasteiger partial charge >= 0.3 is 33.3 Å². The van der Waals surface area contributed by atoms with Gasteiger partial charge in [-0.3, -0.25) is 23.2 Å². The first kappa shape index (κ1) is 64.5.